The molecule has 73 heavy (non-hydrogen) atoms. The number of hydrogen-bond acceptors (Lipinski definition) is 11. The normalized spacial score (nSPS) is 14.2. The Morgan fingerprint density at radius 1 is 0.671 bits per heavy atom. The first-order valence-corrected chi connectivity index (χ1v) is 25.8. The van der Waals surface area contributed by atoms with Crippen LogP contribution in [-0.4, -0.2) is 102 Å². The number of ether oxygens (including phenoxy) is 2. The summed E-state index contributed by atoms with van der Waals surface area (Å²) in [6, 6.07) is 17.3. The first-order chi connectivity index (χ1) is 34.8. The van der Waals surface area contributed by atoms with Crippen molar-refractivity contribution in [3.8, 4) is 17.2 Å². The van der Waals surface area contributed by atoms with Crippen molar-refractivity contribution in [3.05, 3.63) is 90.1 Å². The highest BCUT2D eigenvalue weighted by Crippen LogP contribution is 2.29. The summed E-state index contributed by atoms with van der Waals surface area (Å²) < 4.78 is 11.5. The van der Waals surface area contributed by atoms with Gasteiger partial charge in [-0.05, 0) is 124 Å². The number of benzene rings is 3. The Hall–Kier alpha value is -6.75. The van der Waals surface area contributed by atoms with E-state index in [1.165, 1.54) is 0 Å². The second-order valence-corrected chi connectivity index (χ2v) is 19.8. The number of aromatic nitrogens is 1. The zero-order valence-corrected chi connectivity index (χ0v) is 44.4. The van der Waals surface area contributed by atoms with Crippen molar-refractivity contribution >= 4 is 52.0 Å². The van der Waals surface area contributed by atoms with Crippen molar-refractivity contribution in [1.29, 1.82) is 0 Å². The van der Waals surface area contributed by atoms with Gasteiger partial charge in [-0.2, -0.15) is 0 Å². The summed E-state index contributed by atoms with van der Waals surface area (Å²) in [7, 11) is 1.63. The highest BCUT2D eigenvalue weighted by molar-refractivity contribution is 5.99. The van der Waals surface area contributed by atoms with Crippen LogP contribution in [-0.2, 0) is 19.2 Å². The number of nitrogens with one attached hydrogen (secondary N) is 7. The van der Waals surface area contributed by atoms with Gasteiger partial charge in [0.1, 0.15) is 35.4 Å². The van der Waals surface area contributed by atoms with Gasteiger partial charge in [0.05, 0.1) is 36.9 Å². The molecule has 1 heterocycles. The molecule has 4 rings (SSSR count). The fourth-order valence-electron chi connectivity index (χ4n) is 8.14. The fraction of sp³-hybridized carbons (Fsp3) is 0.518. The van der Waals surface area contributed by atoms with E-state index in [0.29, 0.717) is 61.4 Å². The molecular weight excluding hydrogens is 929 g/mol. The molecule has 8 N–H and O–H groups in total. The molecule has 0 bridgehead atoms. The standard InChI is InChI=1S/C56H80N8O9/c1-11-13-26-57-49(66)33-48(65)45(29-34(3)4)62-56(71)50(36(7)12-2)64-54(69)40-20-24-43(25-21-40)73-42-22-18-39(19-23-42)53(68)63-47(30-35(5)6)55(70)61-38(9)52(67)59-28-14-16-37(8)60-46-32-44(72-10)31-41-17-15-27-58-51(41)46/h15,17-25,27,31-32,34-38,45,47-48,50,60,65H,11-14,16,26,28-30,33H2,1-10H3,(H,57,66)(H,59,67)(H,61,70)(H,62,71)(H,63,68)(H,64,69)/t36?,37?,38-,45-,47-,48-,50-/m0/s1. The average Bonchev–Trinajstić information content (AvgIpc) is 3.36. The Bertz CT molecular complexity index is 2410. The maximum atomic E-state index is 13.7. The molecule has 0 fully saturated rings. The van der Waals surface area contributed by atoms with Crippen LogP contribution in [0.25, 0.3) is 10.9 Å². The SMILES string of the molecule is CCCCNC(=O)C[C@H](O)[C@H](CC(C)C)NC(=O)[C@@H](NC(=O)c1ccc(Oc2ccc(C(=O)N[C@@H](CC(C)C)C(=O)N[C@@H](C)C(=O)NCCCC(C)Nc3cc(OC)cc4cccnc34)cc2)cc1)C(C)CC. The molecule has 4 aromatic rings. The van der Waals surface area contributed by atoms with Crippen LogP contribution in [0, 0.1) is 17.8 Å². The maximum Gasteiger partial charge on any atom is 0.251 e. The Morgan fingerprint density at radius 3 is 1.88 bits per heavy atom. The number of methoxy groups -OCH3 is 1. The molecule has 0 aliphatic rings. The number of hydrogen-bond donors (Lipinski definition) is 8. The fourth-order valence-corrected chi connectivity index (χ4v) is 8.14. The number of carbonyl (C=O) groups excluding carboxylic acids is 6. The predicted octanol–water partition coefficient (Wildman–Crippen LogP) is 7.42. The van der Waals surface area contributed by atoms with E-state index in [2.05, 4.69) is 49.1 Å². The second-order valence-electron chi connectivity index (χ2n) is 19.8. The van der Waals surface area contributed by atoms with Crippen LogP contribution < -0.4 is 46.7 Å². The number of carbonyl (C=O) groups is 6. The van der Waals surface area contributed by atoms with E-state index in [-0.39, 0.29) is 42.0 Å². The van der Waals surface area contributed by atoms with Gasteiger partial charge in [0.25, 0.3) is 11.8 Å². The topological polar surface area (TPSA) is 238 Å². The molecule has 0 spiro atoms. The third kappa shape index (κ3) is 19.3. The molecular formula is C56H80N8O9. The molecule has 17 nitrogen and oxygen atoms in total. The zero-order chi connectivity index (χ0) is 53.6. The molecule has 3 aromatic carbocycles. The van der Waals surface area contributed by atoms with Gasteiger partial charge >= 0.3 is 0 Å². The number of nitrogens with zero attached hydrogens (tertiary/aromatic N) is 1. The van der Waals surface area contributed by atoms with Crippen molar-refractivity contribution in [2.24, 2.45) is 17.8 Å². The summed E-state index contributed by atoms with van der Waals surface area (Å²) in [5, 5.41) is 32.6. The number of amides is 6. The minimum Gasteiger partial charge on any atom is -0.497 e. The number of aliphatic hydroxyl groups excluding tert-OH is 1. The molecule has 398 valence electrons. The van der Waals surface area contributed by atoms with Gasteiger partial charge in [0.15, 0.2) is 0 Å². The van der Waals surface area contributed by atoms with Crippen molar-refractivity contribution < 1.29 is 43.3 Å². The Labute approximate surface area is 431 Å². The van der Waals surface area contributed by atoms with Gasteiger partial charge in [0, 0.05) is 47.9 Å². The molecule has 0 aliphatic carbocycles. The average molecular weight is 1010 g/mol. The van der Waals surface area contributed by atoms with E-state index >= 15 is 0 Å². The number of fused-ring (bicyclic) bond motifs is 1. The van der Waals surface area contributed by atoms with Gasteiger partial charge in [0.2, 0.25) is 23.6 Å². The van der Waals surface area contributed by atoms with E-state index in [1.54, 1.807) is 68.8 Å². The summed E-state index contributed by atoms with van der Waals surface area (Å²) in [5.74, 6) is -0.953. The van der Waals surface area contributed by atoms with Crippen LogP contribution in [0.3, 0.4) is 0 Å². The van der Waals surface area contributed by atoms with E-state index in [1.807, 2.05) is 72.7 Å². The lowest BCUT2D eigenvalue weighted by Crippen LogP contribution is -2.55. The Kier molecular flexibility index (Phi) is 23.9. The molecule has 0 radical (unpaired) electrons. The molecule has 17 heteroatoms. The van der Waals surface area contributed by atoms with E-state index in [0.717, 1.165) is 41.6 Å². The van der Waals surface area contributed by atoms with E-state index in [4.69, 9.17) is 9.47 Å². The Balaban J connectivity index is 1.27. The molecule has 0 saturated heterocycles. The van der Waals surface area contributed by atoms with Crippen LogP contribution in [0.15, 0.2) is 79.0 Å². The van der Waals surface area contributed by atoms with Crippen molar-refractivity contribution in [2.45, 2.75) is 150 Å². The number of unbranched alkanes of at least 4 members (excludes halogenated alkanes) is 1. The van der Waals surface area contributed by atoms with Crippen LogP contribution in [0.5, 0.6) is 17.2 Å². The molecule has 2 unspecified atom stereocenters. The number of anilines is 1. The van der Waals surface area contributed by atoms with Gasteiger partial charge in [-0.3, -0.25) is 33.8 Å². The number of aliphatic hydroxyl groups is 1. The minimum atomic E-state index is -1.10. The van der Waals surface area contributed by atoms with Gasteiger partial charge in [-0.15, -0.1) is 0 Å². The van der Waals surface area contributed by atoms with Crippen LogP contribution in [0.1, 0.15) is 134 Å². The van der Waals surface area contributed by atoms with Crippen LogP contribution in [0.2, 0.25) is 0 Å². The van der Waals surface area contributed by atoms with Gasteiger partial charge in [-0.25, -0.2) is 0 Å². The van der Waals surface area contributed by atoms with E-state index in [9.17, 15) is 33.9 Å². The quantitative estimate of drug-likeness (QED) is 0.0239. The maximum absolute atomic E-state index is 13.7. The van der Waals surface area contributed by atoms with Crippen molar-refractivity contribution in [2.75, 3.05) is 25.5 Å². The zero-order valence-electron chi connectivity index (χ0n) is 44.4. The molecule has 1 aromatic heterocycles. The summed E-state index contributed by atoms with van der Waals surface area (Å²) in [5.41, 5.74) is 2.31. The van der Waals surface area contributed by atoms with Crippen molar-refractivity contribution in [3.63, 3.8) is 0 Å². The van der Waals surface area contributed by atoms with Crippen LogP contribution >= 0.6 is 0 Å². The first-order valence-electron chi connectivity index (χ1n) is 25.8. The van der Waals surface area contributed by atoms with Gasteiger partial charge < -0.3 is 51.8 Å². The lowest BCUT2D eigenvalue weighted by atomic mass is 9.94. The largest absolute Gasteiger partial charge is 0.497 e. The summed E-state index contributed by atoms with van der Waals surface area (Å²) >= 11 is 0. The van der Waals surface area contributed by atoms with E-state index < -0.39 is 53.9 Å². The van der Waals surface area contributed by atoms with Gasteiger partial charge in [-0.1, -0.05) is 67.4 Å². The van der Waals surface area contributed by atoms with Crippen molar-refractivity contribution in [1.82, 2.24) is 36.9 Å². The Morgan fingerprint density at radius 2 is 1.29 bits per heavy atom. The second kappa shape index (κ2) is 29.7. The summed E-state index contributed by atoms with van der Waals surface area (Å²) in [6.07, 6.45) is 5.10. The predicted molar refractivity (Wildman–Crippen MR) is 286 cm³/mol. The molecule has 7 atom stereocenters. The molecule has 6 amide bonds. The highest BCUT2D eigenvalue weighted by atomic mass is 16.5. The smallest absolute Gasteiger partial charge is 0.251 e. The minimum absolute atomic E-state index is 0.0598. The lowest BCUT2D eigenvalue weighted by molar-refractivity contribution is -0.129. The monoisotopic (exact) mass is 1010 g/mol. The lowest BCUT2D eigenvalue weighted by Gasteiger charge is -2.30. The highest BCUT2D eigenvalue weighted by Gasteiger charge is 2.32. The van der Waals surface area contributed by atoms with Crippen LogP contribution in [0.4, 0.5) is 5.69 Å². The number of rotatable bonds is 30. The number of pyridine rings is 1. The molecule has 0 aliphatic heterocycles. The first kappa shape index (κ1) is 58.8. The summed E-state index contributed by atoms with van der Waals surface area (Å²) in [4.78, 5) is 84.2. The molecule has 0 saturated carbocycles. The third-order valence-electron chi connectivity index (χ3n) is 12.5. The summed E-state index contributed by atoms with van der Waals surface area (Å²) in [6.45, 7) is 18.2. The third-order valence-corrected chi connectivity index (χ3v) is 12.5.